The van der Waals surface area contributed by atoms with Crippen molar-refractivity contribution in [3.05, 3.63) is 89.5 Å². The summed E-state index contributed by atoms with van der Waals surface area (Å²) in [6.07, 6.45) is 0. The highest BCUT2D eigenvalue weighted by Crippen LogP contribution is 2.27. The van der Waals surface area contributed by atoms with Crippen molar-refractivity contribution in [3.8, 4) is 22.8 Å². The zero-order valence-electron chi connectivity index (χ0n) is 18.1. The number of fused-ring (bicyclic) bond motifs is 1. The molecule has 0 spiro atoms. The van der Waals surface area contributed by atoms with Crippen LogP contribution in [0.25, 0.3) is 22.2 Å². The van der Waals surface area contributed by atoms with Crippen LogP contribution in [0.3, 0.4) is 0 Å². The van der Waals surface area contributed by atoms with Crippen LogP contribution >= 0.6 is 0 Å². The number of pyridine rings is 1. The number of aromatic hydroxyl groups is 1. The Labute approximate surface area is 186 Å². The van der Waals surface area contributed by atoms with Gasteiger partial charge in [0.1, 0.15) is 0 Å². The predicted octanol–water partition coefficient (Wildman–Crippen LogP) is 5.08. The lowest BCUT2D eigenvalue weighted by Gasteiger charge is -2.10. The fraction of sp³-hybridized carbons (Fsp3) is 0.115. The van der Waals surface area contributed by atoms with Crippen LogP contribution in [0.1, 0.15) is 28.4 Å². The number of rotatable bonds is 5. The van der Waals surface area contributed by atoms with Crippen molar-refractivity contribution in [1.29, 1.82) is 0 Å². The van der Waals surface area contributed by atoms with Gasteiger partial charge >= 0.3 is 0 Å². The van der Waals surface area contributed by atoms with Gasteiger partial charge in [-0.25, -0.2) is 10.4 Å². The molecule has 160 valence electrons. The molecule has 2 N–H and O–H groups in total. The Balaban J connectivity index is 1.68. The number of phenols is 1. The van der Waals surface area contributed by atoms with Crippen molar-refractivity contribution in [2.45, 2.75) is 13.8 Å². The van der Waals surface area contributed by atoms with E-state index in [-0.39, 0.29) is 11.7 Å². The molecule has 6 heteroatoms. The van der Waals surface area contributed by atoms with Crippen LogP contribution in [0.2, 0.25) is 0 Å². The molecule has 4 aromatic rings. The molecule has 32 heavy (non-hydrogen) atoms. The lowest BCUT2D eigenvalue weighted by Crippen LogP contribution is -2.20. The maximum atomic E-state index is 13.1. The first kappa shape index (κ1) is 21.1. The second kappa shape index (κ2) is 8.89. The van der Waals surface area contributed by atoms with Gasteiger partial charge in [-0.15, -0.1) is 0 Å². The summed E-state index contributed by atoms with van der Waals surface area (Å²) in [6.45, 7) is 3.80. The number of benzene rings is 3. The number of para-hydroxylation sites is 1. The van der Waals surface area contributed by atoms with Gasteiger partial charge in [0.05, 0.1) is 29.6 Å². The Kier molecular flexibility index (Phi) is 5.85. The fourth-order valence-electron chi connectivity index (χ4n) is 3.40. The maximum Gasteiger partial charge on any atom is 0.272 e. The van der Waals surface area contributed by atoms with Crippen molar-refractivity contribution >= 4 is 22.5 Å². The van der Waals surface area contributed by atoms with Gasteiger partial charge in [0.15, 0.2) is 11.5 Å². The summed E-state index contributed by atoms with van der Waals surface area (Å²) in [4.78, 5) is 17.8. The van der Waals surface area contributed by atoms with E-state index in [2.05, 4.69) is 10.5 Å². The van der Waals surface area contributed by atoms with E-state index in [1.165, 1.54) is 13.2 Å². The molecule has 1 amide bonds. The molecule has 0 aliphatic carbocycles. The number of hydrazone groups is 1. The van der Waals surface area contributed by atoms with Gasteiger partial charge in [0.2, 0.25) is 0 Å². The average molecular weight is 425 g/mol. The molecule has 0 radical (unpaired) electrons. The number of nitrogens with one attached hydrogen (secondary N) is 1. The smallest absolute Gasteiger partial charge is 0.272 e. The molecule has 0 fully saturated rings. The average Bonchev–Trinajstić information content (AvgIpc) is 2.82. The number of ether oxygens (including phenoxy) is 1. The lowest BCUT2D eigenvalue weighted by molar-refractivity contribution is 0.0956. The summed E-state index contributed by atoms with van der Waals surface area (Å²) in [6, 6.07) is 22.3. The van der Waals surface area contributed by atoms with Gasteiger partial charge in [0, 0.05) is 16.5 Å². The molecule has 3 aromatic carbocycles. The van der Waals surface area contributed by atoms with Crippen molar-refractivity contribution < 1.29 is 14.6 Å². The quantitative estimate of drug-likeness (QED) is 0.345. The number of carbonyl (C=O) groups is 1. The molecule has 0 atom stereocenters. The van der Waals surface area contributed by atoms with E-state index in [1.54, 1.807) is 25.1 Å². The molecule has 0 unspecified atom stereocenters. The van der Waals surface area contributed by atoms with Crippen LogP contribution in [0.5, 0.6) is 11.5 Å². The summed E-state index contributed by atoms with van der Waals surface area (Å²) in [5.74, 6) is 0.0493. The van der Waals surface area contributed by atoms with Gasteiger partial charge in [-0.1, -0.05) is 48.0 Å². The van der Waals surface area contributed by atoms with Crippen LogP contribution in [0.4, 0.5) is 0 Å². The number of hydrogen-bond acceptors (Lipinski definition) is 5. The highest BCUT2D eigenvalue weighted by atomic mass is 16.5. The number of carbonyl (C=O) groups excluding carboxylic acids is 1. The molecule has 1 aromatic heterocycles. The summed E-state index contributed by atoms with van der Waals surface area (Å²) in [7, 11) is 1.48. The third-order valence-electron chi connectivity index (χ3n) is 5.23. The number of nitrogens with zero attached hydrogens (tertiary/aromatic N) is 2. The predicted molar refractivity (Wildman–Crippen MR) is 126 cm³/mol. The first-order chi connectivity index (χ1) is 15.5. The number of hydrogen-bond donors (Lipinski definition) is 2. The number of aryl methyl sites for hydroxylation is 1. The highest BCUT2D eigenvalue weighted by molar-refractivity contribution is 6.08. The normalized spacial score (nSPS) is 11.4. The first-order valence-corrected chi connectivity index (χ1v) is 10.1. The fourth-order valence-corrected chi connectivity index (χ4v) is 3.40. The zero-order chi connectivity index (χ0) is 22.7. The molecule has 0 bridgehead atoms. The van der Waals surface area contributed by atoms with E-state index in [4.69, 9.17) is 9.72 Å². The summed E-state index contributed by atoms with van der Waals surface area (Å²) in [5, 5.41) is 14.8. The van der Waals surface area contributed by atoms with E-state index >= 15 is 0 Å². The Morgan fingerprint density at radius 2 is 1.78 bits per heavy atom. The molecule has 6 nitrogen and oxygen atoms in total. The number of phenolic OH excluding ortho intramolecular Hbond substituents is 1. The van der Waals surface area contributed by atoms with Crippen LogP contribution in [0, 0.1) is 6.92 Å². The topological polar surface area (TPSA) is 83.8 Å². The number of methoxy groups -OCH3 is 1. The molecular formula is C26H23N3O3. The second-order valence-corrected chi connectivity index (χ2v) is 7.46. The van der Waals surface area contributed by atoms with Gasteiger partial charge in [-0.3, -0.25) is 4.79 Å². The van der Waals surface area contributed by atoms with E-state index in [0.29, 0.717) is 17.0 Å². The minimum absolute atomic E-state index is 0.0416. The summed E-state index contributed by atoms with van der Waals surface area (Å²) >= 11 is 0. The lowest BCUT2D eigenvalue weighted by atomic mass is 10.0. The van der Waals surface area contributed by atoms with Crippen LogP contribution in [-0.2, 0) is 0 Å². The minimum atomic E-state index is -0.331. The molecule has 0 aliphatic heterocycles. The molecule has 0 saturated carbocycles. The van der Waals surface area contributed by atoms with Gasteiger partial charge in [-0.05, 0) is 44.2 Å². The van der Waals surface area contributed by atoms with Gasteiger partial charge in [-0.2, -0.15) is 5.10 Å². The van der Waals surface area contributed by atoms with Crippen molar-refractivity contribution in [1.82, 2.24) is 10.4 Å². The standard InChI is InChI=1S/C26H23N3O3/c1-16-8-10-18(11-9-16)23-15-21(20-6-4-5-7-22(20)27-23)26(31)29-28-17(2)19-12-13-24(30)25(14-19)32-3/h4-15,30H,1-3H3,(H,29,31)/b28-17-. The molecular weight excluding hydrogens is 402 g/mol. The number of aromatic nitrogens is 1. The Morgan fingerprint density at radius 1 is 1.03 bits per heavy atom. The van der Waals surface area contributed by atoms with Crippen molar-refractivity contribution in [3.63, 3.8) is 0 Å². The van der Waals surface area contributed by atoms with Crippen LogP contribution < -0.4 is 10.2 Å². The maximum absolute atomic E-state index is 13.1. The molecule has 0 aliphatic rings. The zero-order valence-corrected chi connectivity index (χ0v) is 18.1. The monoisotopic (exact) mass is 425 g/mol. The summed E-state index contributed by atoms with van der Waals surface area (Å²) < 4.78 is 5.14. The third-order valence-corrected chi connectivity index (χ3v) is 5.23. The Morgan fingerprint density at radius 3 is 2.53 bits per heavy atom. The van der Waals surface area contributed by atoms with Crippen molar-refractivity contribution in [2.24, 2.45) is 5.10 Å². The number of amides is 1. The second-order valence-electron chi connectivity index (χ2n) is 7.46. The van der Waals surface area contributed by atoms with Crippen molar-refractivity contribution in [2.75, 3.05) is 7.11 Å². The minimum Gasteiger partial charge on any atom is -0.504 e. The Hall–Kier alpha value is -4.19. The van der Waals surface area contributed by atoms with E-state index < -0.39 is 0 Å². The highest BCUT2D eigenvalue weighted by Gasteiger charge is 2.14. The third kappa shape index (κ3) is 4.30. The van der Waals surface area contributed by atoms with Gasteiger partial charge < -0.3 is 9.84 Å². The summed E-state index contributed by atoms with van der Waals surface area (Å²) in [5.41, 5.74) is 7.99. The van der Waals surface area contributed by atoms with E-state index in [9.17, 15) is 9.90 Å². The largest absolute Gasteiger partial charge is 0.504 e. The van der Waals surface area contributed by atoms with Crippen LogP contribution in [-0.4, -0.2) is 28.8 Å². The van der Waals surface area contributed by atoms with Gasteiger partial charge in [0.25, 0.3) is 5.91 Å². The Bertz CT molecular complexity index is 1330. The molecule has 4 rings (SSSR count). The van der Waals surface area contributed by atoms with Crippen LogP contribution in [0.15, 0.2) is 77.9 Å². The van der Waals surface area contributed by atoms with E-state index in [1.807, 2.05) is 55.5 Å². The van der Waals surface area contributed by atoms with E-state index in [0.717, 1.165) is 33.3 Å². The first-order valence-electron chi connectivity index (χ1n) is 10.1. The molecule has 1 heterocycles. The molecule has 0 saturated heterocycles. The SMILES string of the molecule is COc1cc(/C(C)=N\NC(=O)c2cc(-c3ccc(C)cc3)nc3ccccc23)ccc1O.